The smallest absolute Gasteiger partial charge is 0.257 e. The van der Waals surface area contributed by atoms with Crippen LogP contribution in [0.4, 0.5) is 11.6 Å². The lowest BCUT2D eigenvalue weighted by Gasteiger charge is -2.37. The van der Waals surface area contributed by atoms with Gasteiger partial charge in [0.05, 0.1) is 18.8 Å². The van der Waals surface area contributed by atoms with Gasteiger partial charge in [0, 0.05) is 57.3 Å². The molecule has 2 aromatic rings. The van der Waals surface area contributed by atoms with Crippen LogP contribution >= 0.6 is 0 Å². The van der Waals surface area contributed by atoms with Crippen molar-refractivity contribution in [1.82, 2.24) is 14.9 Å². The summed E-state index contributed by atoms with van der Waals surface area (Å²) in [7, 11) is 0. The number of rotatable bonds is 3. The second-order valence-corrected chi connectivity index (χ2v) is 7.37. The second kappa shape index (κ2) is 8.14. The summed E-state index contributed by atoms with van der Waals surface area (Å²) in [6.45, 7) is 10.4. The molecule has 28 heavy (non-hydrogen) atoms. The van der Waals surface area contributed by atoms with E-state index in [0.717, 1.165) is 26.2 Å². The van der Waals surface area contributed by atoms with Crippen LogP contribution in [-0.4, -0.2) is 73.3 Å². The second-order valence-electron chi connectivity index (χ2n) is 7.37. The van der Waals surface area contributed by atoms with E-state index >= 15 is 0 Å². The maximum absolute atomic E-state index is 12.5. The van der Waals surface area contributed by atoms with E-state index in [1.54, 1.807) is 17.3 Å². The first-order valence-electron chi connectivity index (χ1n) is 9.88. The lowest BCUT2D eigenvalue weighted by molar-refractivity contribution is 0.0302. The fourth-order valence-corrected chi connectivity index (χ4v) is 3.77. The molecule has 2 aliphatic heterocycles. The SMILES string of the molecule is Cc1cccc(N2CCN(c3ncc(C(=O)N4CCOCC4)cn3)CC2)c1C. The van der Waals surface area contributed by atoms with Crippen LogP contribution in [0.25, 0.3) is 0 Å². The maximum atomic E-state index is 12.5. The molecule has 1 aromatic heterocycles. The van der Waals surface area contributed by atoms with Crippen LogP contribution in [0.1, 0.15) is 21.5 Å². The van der Waals surface area contributed by atoms with Crippen molar-refractivity contribution in [2.24, 2.45) is 0 Å². The maximum Gasteiger partial charge on any atom is 0.257 e. The molecule has 7 nitrogen and oxygen atoms in total. The summed E-state index contributed by atoms with van der Waals surface area (Å²) in [5.41, 5.74) is 4.52. The molecular formula is C21H27N5O2. The van der Waals surface area contributed by atoms with Gasteiger partial charge in [-0.3, -0.25) is 4.79 Å². The zero-order chi connectivity index (χ0) is 19.5. The Kier molecular flexibility index (Phi) is 5.43. The standard InChI is InChI=1S/C21H27N5O2/c1-16-4-3-5-19(17(16)2)24-6-8-26(9-7-24)21-22-14-18(15-23-21)20(27)25-10-12-28-13-11-25/h3-5,14-15H,6-13H2,1-2H3. The lowest BCUT2D eigenvalue weighted by atomic mass is 10.1. The van der Waals surface area contributed by atoms with Crippen LogP contribution in [-0.2, 0) is 4.74 Å². The van der Waals surface area contributed by atoms with Gasteiger partial charge in [0.15, 0.2) is 0 Å². The Morgan fingerprint density at radius 2 is 1.57 bits per heavy atom. The summed E-state index contributed by atoms with van der Waals surface area (Å²) in [6, 6.07) is 6.47. The third-order valence-electron chi connectivity index (χ3n) is 5.66. The van der Waals surface area contributed by atoms with Crippen LogP contribution in [0.3, 0.4) is 0 Å². The summed E-state index contributed by atoms with van der Waals surface area (Å²) in [5.74, 6) is 0.675. The monoisotopic (exact) mass is 381 g/mol. The molecule has 0 saturated carbocycles. The summed E-state index contributed by atoms with van der Waals surface area (Å²) in [5, 5.41) is 0. The summed E-state index contributed by atoms with van der Waals surface area (Å²) >= 11 is 0. The molecule has 2 fully saturated rings. The molecule has 0 unspecified atom stereocenters. The molecular weight excluding hydrogens is 354 g/mol. The Morgan fingerprint density at radius 3 is 2.25 bits per heavy atom. The number of carbonyl (C=O) groups excluding carboxylic acids is 1. The first-order valence-corrected chi connectivity index (χ1v) is 9.88. The highest BCUT2D eigenvalue weighted by molar-refractivity contribution is 5.93. The van der Waals surface area contributed by atoms with Gasteiger partial charge in [-0.1, -0.05) is 12.1 Å². The van der Waals surface area contributed by atoms with E-state index in [1.807, 2.05) is 0 Å². The minimum atomic E-state index is -0.0189. The first kappa shape index (κ1) is 18.7. The molecule has 2 saturated heterocycles. The third kappa shape index (κ3) is 3.80. The van der Waals surface area contributed by atoms with Crippen molar-refractivity contribution in [3.8, 4) is 0 Å². The van der Waals surface area contributed by atoms with Crippen molar-refractivity contribution in [1.29, 1.82) is 0 Å². The zero-order valence-electron chi connectivity index (χ0n) is 16.6. The highest BCUT2D eigenvalue weighted by Gasteiger charge is 2.22. The van der Waals surface area contributed by atoms with E-state index in [0.29, 0.717) is 37.8 Å². The fourth-order valence-electron chi connectivity index (χ4n) is 3.77. The Labute approximate surface area is 165 Å². The van der Waals surface area contributed by atoms with Gasteiger partial charge in [0.2, 0.25) is 5.95 Å². The Morgan fingerprint density at radius 1 is 0.929 bits per heavy atom. The number of benzene rings is 1. The average molecular weight is 381 g/mol. The molecule has 0 radical (unpaired) electrons. The van der Waals surface area contributed by atoms with Gasteiger partial charge in [-0.15, -0.1) is 0 Å². The number of carbonyl (C=O) groups is 1. The molecule has 1 aromatic carbocycles. The molecule has 0 spiro atoms. The van der Waals surface area contributed by atoms with E-state index in [-0.39, 0.29) is 5.91 Å². The molecule has 148 valence electrons. The van der Waals surface area contributed by atoms with Crippen LogP contribution in [0.5, 0.6) is 0 Å². The van der Waals surface area contributed by atoms with Crippen molar-refractivity contribution in [3.63, 3.8) is 0 Å². The number of nitrogens with zero attached hydrogens (tertiary/aromatic N) is 5. The molecule has 0 aliphatic carbocycles. The predicted molar refractivity (Wildman–Crippen MR) is 109 cm³/mol. The van der Waals surface area contributed by atoms with Gasteiger partial charge in [-0.25, -0.2) is 9.97 Å². The zero-order valence-corrected chi connectivity index (χ0v) is 16.6. The predicted octanol–water partition coefficient (Wildman–Crippen LogP) is 1.89. The van der Waals surface area contributed by atoms with Gasteiger partial charge in [-0.2, -0.15) is 0 Å². The number of aromatic nitrogens is 2. The number of anilines is 2. The Bertz CT molecular complexity index is 825. The highest BCUT2D eigenvalue weighted by atomic mass is 16.5. The van der Waals surface area contributed by atoms with E-state index in [4.69, 9.17) is 4.74 Å². The molecule has 0 N–H and O–H groups in total. The molecule has 7 heteroatoms. The number of amides is 1. The van der Waals surface area contributed by atoms with Gasteiger partial charge < -0.3 is 19.4 Å². The van der Waals surface area contributed by atoms with Crippen LogP contribution in [0.15, 0.2) is 30.6 Å². The van der Waals surface area contributed by atoms with Crippen molar-refractivity contribution in [3.05, 3.63) is 47.3 Å². The quantitative estimate of drug-likeness (QED) is 0.809. The number of morpholine rings is 1. The molecule has 4 rings (SSSR count). The number of piperazine rings is 1. The topological polar surface area (TPSA) is 61.8 Å². The molecule has 1 amide bonds. The third-order valence-corrected chi connectivity index (χ3v) is 5.66. The number of ether oxygens (including phenoxy) is 1. The van der Waals surface area contributed by atoms with Gasteiger partial charge in [-0.05, 0) is 31.0 Å². The number of aryl methyl sites for hydroxylation is 1. The van der Waals surface area contributed by atoms with Crippen LogP contribution < -0.4 is 9.80 Å². The van der Waals surface area contributed by atoms with E-state index < -0.39 is 0 Å². The lowest BCUT2D eigenvalue weighted by Crippen LogP contribution is -2.47. The van der Waals surface area contributed by atoms with Crippen molar-refractivity contribution >= 4 is 17.5 Å². The van der Waals surface area contributed by atoms with Crippen LogP contribution in [0.2, 0.25) is 0 Å². The fraction of sp³-hybridized carbons (Fsp3) is 0.476. The van der Waals surface area contributed by atoms with Crippen LogP contribution in [0, 0.1) is 13.8 Å². The minimum absolute atomic E-state index is 0.0189. The van der Waals surface area contributed by atoms with Crippen molar-refractivity contribution < 1.29 is 9.53 Å². The average Bonchev–Trinajstić information content (AvgIpc) is 2.76. The molecule has 3 heterocycles. The first-order chi connectivity index (χ1) is 13.6. The highest BCUT2D eigenvalue weighted by Crippen LogP contribution is 2.24. The Balaban J connectivity index is 1.38. The van der Waals surface area contributed by atoms with E-state index in [2.05, 4.69) is 51.8 Å². The summed E-state index contributed by atoms with van der Waals surface area (Å²) < 4.78 is 5.30. The van der Waals surface area contributed by atoms with Gasteiger partial charge >= 0.3 is 0 Å². The number of hydrogen-bond donors (Lipinski definition) is 0. The normalized spacial score (nSPS) is 17.7. The molecule has 0 bridgehead atoms. The van der Waals surface area contributed by atoms with Crippen molar-refractivity contribution in [2.75, 3.05) is 62.3 Å². The summed E-state index contributed by atoms with van der Waals surface area (Å²) in [6.07, 6.45) is 3.30. The molecule has 2 aliphatic rings. The largest absolute Gasteiger partial charge is 0.378 e. The number of hydrogen-bond acceptors (Lipinski definition) is 6. The van der Waals surface area contributed by atoms with Gasteiger partial charge in [0.25, 0.3) is 5.91 Å². The summed E-state index contributed by atoms with van der Waals surface area (Å²) in [4.78, 5) is 27.9. The van der Waals surface area contributed by atoms with E-state index in [1.165, 1.54) is 16.8 Å². The van der Waals surface area contributed by atoms with Crippen molar-refractivity contribution in [2.45, 2.75) is 13.8 Å². The van der Waals surface area contributed by atoms with Gasteiger partial charge in [0.1, 0.15) is 0 Å². The molecule has 0 atom stereocenters. The van der Waals surface area contributed by atoms with E-state index in [9.17, 15) is 4.79 Å². The Hall–Kier alpha value is -2.67. The minimum Gasteiger partial charge on any atom is -0.378 e.